The zero-order valence-corrected chi connectivity index (χ0v) is 31.4. The molecule has 3 heterocycles. The zero-order valence-electron chi connectivity index (χ0n) is 30.6. The number of nitrogens with zero attached hydrogens (tertiary/aromatic N) is 2. The van der Waals surface area contributed by atoms with Gasteiger partial charge in [-0.05, 0) is 95.7 Å². The molecule has 0 aliphatic rings. The minimum Gasteiger partial charge on any atom is -0.456 e. The van der Waals surface area contributed by atoms with Gasteiger partial charge in [0.25, 0.3) is 0 Å². The molecule has 268 valence electrons. The molecular formula is C52H32N2O2S. The van der Waals surface area contributed by atoms with Crippen LogP contribution < -0.4 is 9.80 Å². The Labute approximate surface area is 331 Å². The standard InChI is InChI=1S/C52H32N2O2S/c1-3-17-35(18-4-1)53(40-23-13-27-46-49(40)37-21-9-11-25-44(37)55-46)42-29-30-43(52-51(42)39-31-33-15-7-8-16-34(33)32-48(39)57-52)54(36-19-5-2-6-20-36)41-24-14-28-47-50(41)38-22-10-12-26-45(38)56-47/h1-32H. The summed E-state index contributed by atoms with van der Waals surface area (Å²) in [5, 5.41) is 9.21. The average Bonchev–Trinajstić information content (AvgIpc) is 3.96. The van der Waals surface area contributed by atoms with Gasteiger partial charge < -0.3 is 18.6 Å². The van der Waals surface area contributed by atoms with E-state index in [-0.39, 0.29) is 0 Å². The van der Waals surface area contributed by atoms with E-state index in [0.29, 0.717) is 0 Å². The van der Waals surface area contributed by atoms with E-state index in [9.17, 15) is 0 Å². The second-order valence-corrected chi connectivity index (χ2v) is 15.5. The predicted molar refractivity (Wildman–Crippen MR) is 241 cm³/mol. The summed E-state index contributed by atoms with van der Waals surface area (Å²) < 4.78 is 15.4. The van der Waals surface area contributed by atoms with Gasteiger partial charge in [0.2, 0.25) is 0 Å². The van der Waals surface area contributed by atoms with Gasteiger partial charge in [0.1, 0.15) is 22.3 Å². The normalized spacial score (nSPS) is 11.9. The quantitative estimate of drug-likeness (QED) is 0.170. The molecule has 0 radical (unpaired) electrons. The van der Waals surface area contributed by atoms with Crippen molar-refractivity contribution in [2.24, 2.45) is 0 Å². The third kappa shape index (κ3) is 4.93. The van der Waals surface area contributed by atoms with E-state index in [1.807, 2.05) is 23.5 Å². The van der Waals surface area contributed by atoms with Crippen LogP contribution in [0.25, 0.3) is 74.8 Å². The highest BCUT2D eigenvalue weighted by Crippen LogP contribution is 2.53. The average molecular weight is 749 g/mol. The maximum atomic E-state index is 6.47. The highest BCUT2D eigenvalue weighted by Gasteiger charge is 2.27. The first kappa shape index (κ1) is 32.0. The van der Waals surface area contributed by atoms with Crippen molar-refractivity contribution in [1.82, 2.24) is 0 Å². The summed E-state index contributed by atoms with van der Waals surface area (Å²) in [5.74, 6) is 0. The summed E-state index contributed by atoms with van der Waals surface area (Å²) in [7, 11) is 0. The van der Waals surface area contributed by atoms with Gasteiger partial charge >= 0.3 is 0 Å². The van der Waals surface area contributed by atoms with Gasteiger partial charge in [0.05, 0.1) is 38.2 Å². The van der Waals surface area contributed by atoms with Gasteiger partial charge in [-0.1, -0.05) is 109 Å². The Morgan fingerprint density at radius 3 is 1.39 bits per heavy atom. The largest absolute Gasteiger partial charge is 0.456 e. The molecule has 0 unspecified atom stereocenters. The van der Waals surface area contributed by atoms with Crippen LogP contribution in [-0.4, -0.2) is 0 Å². The monoisotopic (exact) mass is 748 g/mol. The Balaban J connectivity index is 1.22. The summed E-state index contributed by atoms with van der Waals surface area (Å²) in [5.41, 5.74) is 9.94. The van der Waals surface area contributed by atoms with E-state index >= 15 is 0 Å². The number of hydrogen-bond acceptors (Lipinski definition) is 5. The topological polar surface area (TPSA) is 32.8 Å². The number of para-hydroxylation sites is 4. The fourth-order valence-electron chi connectivity index (χ4n) is 8.75. The van der Waals surface area contributed by atoms with Gasteiger partial charge in [0, 0.05) is 37.6 Å². The molecule has 57 heavy (non-hydrogen) atoms. The van der Waals surface area contributed by atoms with Gasteiger partial charge in [-0.15, -0.1) is 11.3 Å². The molecule has 0 spiro atoms. The van der Waals surface area contributed by atoms with Crippen LogP contribution >= 0.6 is 11.3 Å². The van der Waals surface area contributed by atoms with Crippen LogP contribution in [0.4, 0.5) is 34.1 Å². The Kier molecular flexibility index (Phi) is 7.06. The number of rotatable bonds is 6. The predicted octanol–water partition coefficient (Wildman–Crippen LogP) is 15.9. The lowest BCUT2D eigenvalue weighted by Crippen LogP contribution is -2.13. The van der Waals surface area contributed by atoms with Crippen molar-refractivity contribution in [2.75, 3.05) is 9.80 Å². The fraction of sp³-hybridized carbons (Fsp3) is 0. The minimum absolute atomic E-state index is 0.861. The molecule has 0 amide bonds. The molecule has 4 nitrogen and oxygen atoms in total. The van der Waals surface area contributed by atoms with Crippen LogP contribution in [0.3, 0.4) is 0 Å². The number of benzene rings is 9. The summed E-state index contributed by atoms with van der Waals surface area (Å²) in [4.78, 5) is 4.84. The van der Waals surface area contributed by atoms with Crippen molar-refractivity contribution in [2.45, 2.75) is 0 Å². The van der Waals surface area contributed by atoms with Crippen molar-refractivity contribution in [3.8, 4) is 0 Å². The second kappa shape index (κ2) is 12.6. The highest BCUT2D eigenvalue weighted by molar-refractivity contribution is 7.26. The van der Waals surface area contributed by atoms with Gasteiger partial charge in [-0.3, -0.25) is 0 Å². The first-order valence-corrected chi connectivity index (χ1v) is 20.0. The number of fused-ring (bicyclic) bond motifs is 10. The lowest BCUT2D eigenvalue weighted by molar-refractivity contribution is 0.668. The van der Waals surface area contributed by atoms with E-state index in [2.05, 4.69) is 192 Å². The Morgan fingerprint density at radius 2 is 0.789 bits per heavy atom. The Hall–Kier alpha value is -7.34. The first-order valence-electron chi connectivity index (χ1n) is 19.2. The minimum atomic E-state index is 0.861. The third-order valence-electron chi connectivity index (χ3n) is 11.2. The van der Waals surface area contributed by atoms with E-state index in [4.69, 9.17) is 8.83 Å². The van der Waals surface area contributed by atoms with E-state index in [1.165, 1.54) is 30.9 Å². The van der Waals surface area contributed by atoms with E-state index < -0.39 is 0 Å². The molecular weight excluding hydrogens is 717 g/mol. The molecule has 0 aliphatic heterocycles. The molecule has 0 atom stereocenters. The molecule has 0 aliphatic carbocycles. The SMILES string of the molecule is c1ccc(N(c2ccc(N(c3ccccc3)c3cccc4oc5ccccc5c34)c3c2sc2cc4ccccc4cc23)c2cccc3oc4ccccc4c23)cc1. The number of anilines is 6. The van der Waals surface area contributed by atoms with E-state index in [1.54, 1.807) is 0 Å². The van der Waals surface area contributed by atoms with Crippen LogP contribution in [0.15, 0.2) is 203 Å². The maximum Gasteiger partial charge on any atom is 0.137 e. The lowest BCUT2D eigenvalue weighted by atomic mass is 10.0. The fourth-order valence-corrected chi connectivity index (χ4v) is 10.0. The summed E-state index contributed by atoms with van der Waals surface area (Å²) in [6.07, 6.45) is 0. The van der Waals surface area contributed by atoms with Gasteiger partial charge in [0.15, 0.2) is 0 Å². The first-order chi connectivity index (χ1) is 28.3. The molecule has 0 N–H and O–H groups in total. The lowest BCUT2D eigenvalue weighted by Gasteiger charge is -2.30. The molecule has 0 fully saturated rings. The molecule has 0 saturated carbocycles. The second-order valence-electron chi connectivity index (χ2n) is 14.4. The van der Waals surface area contributed by atoms with E-state index in [0.717, 1.165) is 78.0 Å². The molecule has 12 rings (SSSR count). The molecule has 0 saturated heterocycles. The van der Waals surface area contributed by atoms with Gasteiger partial charge in [-0.2, -0.15) is 0 Å². The summed E-state index contributed by atoms with van der Waals surface area (Å²) in [6.45, 7) is 0. The number of furan rings is 2. The van der Waals surface area contributed by atoms with Crippen LogP contribution in [0.2, 0.25) is 0 Å². The van der Waals surface area contributed by atoms with Crippen molar-refractivity contribution >= 4 is 120 Å². The number of hydrogen-bond donors (Lipinski definition) is 0. The van der Waals surface area contributed by atoms with Crippen LogP contribution in [0.1, 0.15) is 0 Å². The van der Waals surface area contributed by atoms with Crippen molar-refractivity contribution in [1.29, 1.82) is 0 Å². The summed E-state index contributed by atoms with van der Waals surface area (Å²) >= 11 is 1.85. The third-order valence-corrected chi connectivity index (χ3v) is 12.4. The van der Waals surface area contributed by atoms with Crippen molar-refractivity contribution in [3.63, 3.8) is 0 Å². The molecule has 3 aromatic heterocycles. The smallest absolute Gasteiger partial charge is 0.137 e. The van der Waals surface area contributed by atoms with Crippen molar-refractivity contribution in [3.05, 3.63) is 194 Å². The van der Waals surface area contributed by atoms with Gasteiger partial charge in [-0.25, -0.2) is 0 Å². The van der Waals surface area contributed by atoms with Crippen LogP contribution in [0, 0.1) is 0 Å². The molecule has 9 aromatic carbocycles. The molecule has 5 heteroatoms. The zero-order chi connectivity index (χ0) is 37.5. The Bertz CT molecular complexity index is 3490. The number of thiophene rings is 1. The molecule has 0 bridgehead atoms. The van der Waals surface area contributed by atoms with Crippen molar-refractivity contribution < 1.29 is 8.83 Å². The molecule has 12 aromatic rings. The Morgan fingerprint density at radius 1 is 0.333 bits per heavy atom. The highest BCUT2D eigenvalue weighted by atomic mass is 32.1. The summed E-state index contributed by atoms with van der Waals surface area (Å²) in [6, 6.07) is 69.0. The van der Waals surface area contributed by atoms with Crippen LogP contribution in [-0.2, 0) is 0 Å². The van der Waals surface area contributed by atoms with Crippen LogP contribution in [0.5, 0.6) is 0 Å². The maximum absolute atomic E-state index is 6.47.